The van der Waals surface area contributed by atoms with Gasteiger partial charge in [-0.15, -0.1) is 0 Å². The number of anilines is 1. The van der Waals surface area contributed by atoms with Gasteiger partial charge >= 0.3 is 5.97 Å². The minimum atomic E-state index is -1.05. The number of esters is 1. The number of benzene rings is 2. The second-order valence-corrected chi connectivity index (χ2v) is 9.22. The summed E-state index contributed by atoms with van der Waals surface area (Å²) in [4.78, 5) is 41.4. The third kappa shape index (κ3) is 3.01. The highest BCUT2D eigenvalue weighted by molar-refractivity contribution is 6.23. The van der Waals surface area contributed by atoms with E-state index in [-0.39, 0.29) is 5.69 Å². The largest absolute Gasteiger partial charge is 0.458 e. The van der Waals surface area contributed by atoms with Gasteiger partial charge in [-0.2, -0.15) is 5.10 Å². The van der Waals surface area contributed by atoms with Gasteiger partial charge < -0.3 is 4.74 Å². The van der Waals surface area contributed by atoms with E-state index in [1.807, 2.05) is 24.3 Å². The van der Waals surface area contributed by atoms with Crippen LogP contribution in [0.15, 0.2) is 53.6 Å². The Hall–Kier alpha value is -3.55. The molecule has 0 aromatic heterocycles. The summed E-state index contributed by atoms with van der Waals surface area (Å²) in [7, 11) is 0. The normalized spacial score (nSPS) is 26.1. The zero-order chi connectivity index (χ0) is 22.8. The number of nitrogens with zero attached hydrogens (tertiary/aromatic N) is 3. The predicted octanol–water partition coefficient (Wildman–Crippen LogP) is 3.05. The Morgan fingerprint density at radius 2 is 1.66 bits per heavy atom. The molecule has 0 spiro atoms. The van der Waals surface area contributed by atoms with Gasteiger partial charge in [-0.1, -0.05) is 24.3 Å². The Labute approximate surface area is 184 Å². The van der Waals surface area contributed by atoms with Crippen molar-refractivity contribution >= 4 is 29.7 Å². The van der Waals surface area contributed by atoms with Crippen LogP contribution >= 0.6 is 0 Å². The van der Waals surface area contributed by atoms with E-state index in [1.54, 1.807) is 32.0 Å². The summed E-state index contributed by atoms with van der Waals surface area (Å²) in [6, 6.07) is 11.0. The molecule has 2 aromatic rings. The molecule has 0 saturated carbocycles. The summed E-state index contributed by atoms with van der Waals surface area (Å²) >= 11 is 0. The predicted molar refractivity (Wildman–Crippen MR) is 114 cm³/mol. The summed E-state index contributed by atoms with van der Waals surface area (Å²) in [5, 5.41) is 6.01. The molecule has 164 valence electrons. The maximum Gasteiger partial charge on any atom is 0.331 e. The Bertz CT molecular complexity index is 1150. The second kappa shape index (κ2) is 6.98. The van der Waals surface area contributed by atoms with Crippen LogP contribution in [0.2, 0.25) is 0 Å². The van der Waals surface area contributed by atoms with Gasteiger partial charge in [-0.3, -0.25) is 14.6 Å². The van der Waals surface area contributed by atoms with E-state index in [4.69, 9.17) is 4.74 Å². The minimum absolute atomic E-state index is 0.276. The lowest BCUT2D eigenvalue weighted by molar-refractivity contribution is -0.163. The number of carbonyl (C=O) groups excluding carboxylic acids is 3. The van der Waals surface area contributed by atoms with Crippen LogP contribution in [-0.2, 0) is 19.1 Å². The third-order valence-corrected chi connectivity index (χ3v) is 6.03. The summed E-state index contributed by atoms with van der Waals surface area (Å²) in [6.45, 7) is 5.24. The number of hydrogen-bond acceptors (Lipinski definition) is 6. The molecule has 2 aromatic carbocycles. The van der Waals surface area contributed by atoms with Crippen LogP contribution in [0.1, 0.15) is 37.9 Å². The molecule has 4 atom stereocenters. The van der Waals surface area contributed by atoms with E-state index in [0.29, 0.717) is 0 Å². The van der Waals surface area contributed by atoms with Crippen molar-refractivity contribution in [1.82, 2.24) is 5.01 Å². The van der Waals surface area contributed by atoms with Gasteiger partial charge in [0, 0.05) is 0 Å². The van der Waals surface area contributed by atoms with E-state index in [9.17, 15) is 18.8 Å². The lowest BCUT2D eigenvalue weighted by Gasteiger charge is -2.34. The van der Waals surface area contributed by atoms with Crippen molar-refractivity contribution in [3.8, 4) is 0 Å². The van der Waals surface area contributed by atoms with Crippen LogP contribution in [0.5, 0.6) is 0 Å². The number of carbonyl (C=O) groups is 3. The number of fused-ring (bicyclic) bond motifs is 5. The van der Waals surface area contributed by atoms with Crippen LogP contribution in [0.25, 0.3) is 0 Å². The van der Waals surface area contributed by atoms with E-state index in [0.717, 1.165) is 16.0 Å². The van der Waals surface area contributed by atoms with E-state index in [2.05, 4.69) is 5.10 Å². The number of halogens is 1. The smallest absolute Gasteiger partial charge is 0.331 e. The molecule has 0 bridgehead atoms. The number of ether oxygens (including phenoxy) is 1. The van der Waals surface area contributed by atoms with Gasteiger partial charge in [-0.25, -0.2) is 14.1 Å². The number of hydrazone groups is 1. The first kappa shape index (κ1) is 20.4. The third-order valence-electron chi connectivity index (χ3n) is 6.03. The van der Waals surface area contributed by atoms with Gasteiger partial charge in [0.2, 0.25) is 11.8 Å². The molecule has 5 rings (SSSR count). The SMILES string of the molecule is CC(C)(C)OC(=O)[C@@H]1[C@@H]2C(=O)N(c3ccc(F)cc3)C(=O)[C@H]2[C@H]2c3ccccc3C=NN12. The van der Waals surface area contributed by atoms with Gasteiger partial charge in [0.05, 0.1) is 29.8 Å². The molecule has 2 amide bonds. The molecule has 0 aliphatic carbocycles. The van der Waals surface area contributed by atoms with Gasteiger partial charge in [-0.05, 0) is 56.2 Å². The van der Waals surface area contributed by atoms with Crippen LogP contribution < -0.4 is 4.90 Å². The van der Waals surface area contributed by atoms with Crippen LogP contribution in [0.4, 0.5) is 10.1 Å². The first-order valence-electron chi connectivity index (χ1n) is 10.4. The maximum absolute atomic E-state index is 13.6. The zero-order valence-electron chi connectivity index (χ0n) is 17.9. The number of hydrogen-bond donors (Lipinski definition) is 0. The lowest BCUT2D eigenvalue weighted by atomic mass is 9.85. The van der Waals surface area contributed by atoms with E-state index < -0.39 is 53.1 Å². The highest BCUT2D eigenvalue weighted by Gasteiger charge is 2.66. The van der Waals surface area contributed by atoms with Crippen molar-refractivity contribution < 1.29 is 23.5 Å². The molecule has 2 saturated heterocycles. The Morgan fingerprint density at radius 3 is 2.34 bits per heavy atom. The lowest BCUT2D eigenvalue weighted by Crippen LogP contribution is -2.46. The highest BCUT2D eigenvalue weighted by atomic mass is 19.1. The first-order chi connectivity index (χ1) is 15.2. The Morgan fingerprint density at radius 1 is 1.00 bits per heavy atom. The molecule has 2 fully saturated rings. The molecule has 7 nitrogen and oxygen atoms in total. The summed E-state index contributed by atoms with van der Waals surface area (Å²) < 4.78 is 19.1. The Balaban J connectivity index is 1.62. The fourth-order valence-electron chi connectivity index (χ4n) is 4.85. The highest BCUT2D eigenvalue weighted by Crippen LogP contribution is 2.52. The molecule has 32 heavy (non-hydrogen) atoms. The van der Waals surface area contributed by atoms with Crippen molar-refractivity contribution in [2.24, 2.45) is 16.9 Å². The summed E-state index contributed by atoms with van der Waals surface area (Å²) in [6.07, 6.45) is 1.64. The van der Waals surface area contributed by atoms with Crippen molar-refractivity contribution in [2.75, 3.05) is 4.90 Å². The first-order valence-corrected chi connectivity index (χ1v) is 10.4. The van der Waals surface area contributed by atoms with Crippen molar-refractivity contribution in [3.05, 3.63) is 65.5 Å². The topological polar surface area (TPSA) is 79.3 Å². The number of amides is 2. The van der Waals surface area contributed by atoms with E-state index >= 15 is 0 Å². The van der Waals surface area contributed by atoms with Gasteiger partial charge in [0.15, 0.2) is 6.04 Å². The molecular weight excluding hydrogens is 413 g/mol. The van der Waals surface area contributed by atoms with Crippen LogP contribution in [0, 0.1) is 17.7 Å². The average Bonchev–Trinajstić information content (AvgIpc) is 3.21. The maximum atomic E-state index is 13.6. The molecule has 3 aliphatic rings. The van der Waals surface area contributed by atoms with Crippen molar-refractivity contribution in [3.63, 3.8) is 0 Å². The summed E-state index contributed by atoms with van der Waals surface area (Å²) in [5.41, 5.74) is 1.16. The molecular formula is C24H22FN3O4. The molecule has 3 heterocycles. The standard InChI is InChI=1S/C24H22FN3O4/c1-24(2,3)32-23(31)20-18-17(19-16-7-5-4-6-13(16)12-26-28(19)20)21(29)27(22(18)30)15-10-8-14(25)9-11-15/h4-12,17-20H,1-3H3/t17-,18-,19-,20+/m1/s1. The number of rotatable bonds is 2. The summed E-state index contributed by atoms with van der Waals surface area (Å²) in [5.74, 6) is -3.79. The molecule has 0 N–H and O–H groups in total. The second-order valence-electron chi connectivity index (χ2n) is 9.22. The average molecular weight is 435 g/mol. The fraction of sp³-hybridized carbons (Fsp3) is 0.333. The van der Waals surface area contributed by atoms with Crippen LogP contribution in [0.3, 0.4) is 0 Å². The van der Waals surface area contributed by atoms with Gasteiger partial charge in [0.1, 0.15) is 11.4 Å². The van der Waals surface area contributed by atoms with Crippen molar-refractivity contribution in [1.29, 1.82) is 0 Å². The van der Waals surface area contributed by atoms with Crippen molar-refractivity contribution in [2.45, 2.75) is 38.5 Å². The molecule has 8 heteroatoms. The Kier molecular flexibility index (Phi) is 4.44. The number of imide groups is 1. The monoisotopic (exact) mass is 435 g/mol. The van der Waals surface area contributed by atoms with E-state index in [1.165, 1.54) is 24.3 Å². The quantitative estimate of drug-likeness (QED) is 0.535. The zero-order valence-corrected chi connectivity index (χ0v) is 17.9. The molecule has 0 unspecified atom stereocenters. The van der Waals surface area contributed by atoms with Gasteiger partial charge in [0.25, 0.3) is 0 Å². The minimum Gasteiger partial charge on any atom is -0.458 e. The van der Waals surface area contributed by atoms with Crippen LogP contribution in [-0.4, -0.2) is 40.7 Å². The molecule has 3 aliphatic heterocycles. The molecule has 0 radical (unpaired) electrons. The fourth-order valence-corrected chi connectivity index (χ4v) is 4.85.